The molecule has 4 heteroatoms. The number of carboxylic acid groups (broad SMARTS) is 1. The predicted molar refractivity (Wildman–Crippen MR) is 58.6 cm³/mol. The molecule has 2 saturated heterocycles. The summed E-state index contributed by atoms with van der Waals surface area (Å²) in [6, 6.07) is 0. The first kappa shape index (κ1) is 10.3. The lowest BCUT2D eigenvalue weighted by Gasteiger charge is -2.32. The lowest BCUT2D eigenvalue weighted by atomic mass is 9.70. The Hall–Kier alpha value is -0.610. The number of hydrogen-bond acceptors (Lipinski definition) is 3. The minimum absolute atomic E-state index is 0.00574. The van der Waals surface area contributed by atoms with Crippen LogP contribution in [0.4, 0.5) is 0 Å². The van der Waals surface area contributed by atoms with Crippen LogP contribution >= 0.6 is 0 Å². The van der Waals surface area contributed by atoms with E-state index in [9.17, 15) is 4.79 Å². The summed E-state index contributed by atoms with van der Waals surface area (Å²) in [4.78, 5) is 11.1. The SMILES string of the molecule is O=C(O)C1CCCC(C23CCC4OC4C2O3)C1. The van der Waals surface area contributed by atoms with E-state index in [1.54, 1.807) is 0 Å². The molecule has 0 bridgehead atoms. The van der Waals surface area contributed by atoms with E-state index in [-0.39, 0.29) is 11.5 Å². The van der Waals surface area contributed by atoms with E-state index in [1.807, 2.05) is 0 Å². The van der Waals surface area contributed by atoms with Crippen LogP contribution < -0.4 is 0 Å². The van der Waals surface area contributed by atoms with E-state index in [2.05, 4.69) is 0 Å². The molecule has 0 amide bonds. The smallest absolute Gasteiger partial charge is 0.306 e. The number of carboxylic acids is 1. The first-order valence-corrected chi connectivity index (χ1v) is 6.77. The summed E-state index contributed by atoms with van der Waals surface area (Å²) in [5.74, 6) is -0.321. The summed E-state index contributed by atoms with van der Waals surface area (Å²) in [5, 5.41) is 9.15. The maximum absolute atomic E-state index is 11.1. The van der Waals surface area contributed by atoms with Gasteiger partial charge in [-0.3, -0.25) is 4.79 Å². The van der Waals surface area contributed by atoms with Gasteiger partial charge in [0.25, 0.3) is 0 Å². The van der Waals surface area contributed by atoms with Gasteiger partial charge in [-0.2, -0.15) is 0 Å². The maximum Gasteiger partial charge on any atom is 0.306 e. The monoisotopic (exact) mass is 238 g/mol. The fourth-order valence-electron chi connectivity index (χ4n) is 4.16. The molecule has 6 unspecified atom stereocenters. The summed E-state index contributed by atoms with van der Waals surface area (Å²) in [6.07, 6.45) is 7.10. The van der Waals surface area contributed by atoms with E-state index >= 15 is 0 Å². The van der Waals surface area contributed by atoms with Gasteiger partial charge in [0.15, 0.2) is 0 Å². The van der Waals surface area contributed by atoms with Crippen molar-refractivity contribution >= 4 is 5.97 Å². The van der Waals surface area contributed by atoms with Crippen molar-refractivity contribution in [2.75, 3.05) is 0 Å². The molecule has 0 radical (unpaired) electrons. The van der Waals surface area contributed by atoms with Gasteiger partial charge in [-0.05, 0) is 38.0 Å². The van der Waals surface area contributed by atoms with Gasteiger partial charge in [-0.15, -0.1) is 0 Å². The molecule has 0 aromatic carbocycles. The third kappa shape index (κ3) is 1.40. The van der Waals surface area contributed by atoms with Gasteiger partial charge in [0.1, 0.15) is 17.8 Å². The number of epoxide rings is 2. The Morgan fingerprint density at radius 1 is 1.29 bits per heavy atom. The number of carbonyl (C=O) groups is 1. The molecule has 94 valence electrons. The molecule has 2 saturated carbocycles. The van der Waals surface area contributed by atoms with Crippen molar-refractivity contribution in [3.63, 3.8) is 0 Å². The predicted octanol–water partition coefficient (Wildman–Crippen LogP) is 1.58. The van der Waals surface area contributed by atoms with Crippen molar-refractivity contribution in [3.05, 3.63) is 0 Å². The van der Waals surface area contributed by atoms with Gasteiger partial charge >= 0.3 is 5.97 Å². The molecule has 0 aromatic heterocycles. The number of hydrogen-bond donors (Lipinski definition) is 1. The van der Waals surface area contributed by atoms with Crippen molar-refractivity contribution in [3.8, 4) is 0 Å². The highest BCUT2D eigenvalue weighted by molar-refractivity contribution is 5.70. The lowest BCUT2D eigenvalue weighted by Crippen LogP contribution is -2.37. The van der Waals surface area contributed by atoms with E-state index in [1.165, 1.54) is 0 Å². The van der Waals surface area contributed by atoms with Crippen molar-refractivity contribution in [2.24, 2.45) is 11.8 Å². The van der Waals surface area contributed by atoms with Crippen LogP contribution in [-0.2, 0) is 14.3 Å². The molecule has 2 aliphatic heterocycles. The summed E-state index contributed by atoms with van der Waals surface area (Å²) in [6.45, 7) is 0. The number of rotatable bonds is 2. The third-order valence-corrected chi connectivity index (χ3v) is 5.22. The van der Waals surface area contributed by atoms with Gasteiger partial charge in [0, 0.05) is 0 Å². The van der Waals surface area contributed by atoms with Gasteiger partial charge in [0.05, 0.1) is 12.0 Å². The van der Waals surface area contributed by atoms with Gasteiger partial charge in [-0.1, -0.05) is 6.42 Å². The van der Waals surface area contributed by atoms with Crippen LogP contribution in [0.1, 0.15) is 38.5 Å². The number of ether oxygens (including phenoxy) is 2. The normalized spacial score (nSPS) is 55.6. The molecule has 0 spiro atoms. The highest BCUT2D eigenvalue weighted by Crippen LogP contribution is 2.61. The standard InChI is InChI=1S/C13H18O4/c14-12(15)7-2-1-3-8(6-7)13-5-4-9-10(16-9)11(13)17-13/h7-11H,1-6H2,(H,14,15). The maximum atomic E-state index is 11.1. The van der Waals surface area contributed by atoms with E-state index < -0.39 is 5.97 Å². The largest absolute Gasteiger partial charge is 0.481 e. The first-order chi connectivity index (χ1) is 8.21. The van der Waals surface area contributed by atoms with Crippen molar-refractivity contribution in [1.82, 2.24) is 0 Å². The highest BCUT2D eigenvalue weighted by Gasteiger charge is 2.72. The summed E-state index contributed by atoms with van der Waals surface area (Å²) in [5.41, 5.74) is 0.00574. The topological polar surface area (TPSA) is 62.4 Å². The second kappa shape index (κ2) is 3.23. The Bertz CT molecular complexity index is 368. The van der Waals surface area contributed by atoms with Crippen LogP contribution in [0.3, 0.4) is 0 Å². The molecular weight excluding hydrogens is 220 g/mol. The molecule has 2 aliphatic carbocycles. The molecule has 4 fully saturated rings. The van der Waals surface area contributed by atoms with Crippen LogP contribution in [0, 0.1) is 11.8 Å². The average Bonchev–Trinajstić information content (AvgIpc) is 3.20. The van der Waals surface area contributed by atoms with Crippen molar-refractivity contribution in [2.45, 2.75) is 62.4 Å². The molecule has 0 aromatic rings. The summed E-state index contributed by atoms with van der Waals surface area (Å²) >= 11 is 0. The Labute approximate surface area is 100 Å². The lowest BCUT2D eigenvalue weighted by molar-refractivity contribution is -0.143. The first-order valence-electron chi connectivity index (χ1n) is 6.77. The average molecular weight is 238 g/mol. The molecule has 1 N–H and O–H groups in total. The van der Waals surface area contributed by atoms with Crippen LogP contribution in [0.5, 0.6) is 0 Å². The molecule has 6 atom stereocenters. The minimum atomic E-state index is -0.625. The van der Waals surface area contributed by atoms with E-state index in [0.29, 0.717) is 24.2 Å². The van der Waals surface area contributed by atoms with E-state index in [4.69, 9.17) is 14.6 Å². The molecular formula is C13H18O4. The van der Waals surface area contributed by atoms with Crippen molar-refractivity contribution in [1.29, 1.82) is 0 Å². The van der Waals surface area contributed by atoms with Gasteiger partial charge in [-0.25, -0.2) is 0 Å². The van der Waals surface area contributed by atoms with Crippen LogP contribution in [0.25, 0.3) is 0 Å². The number of aliphatic carboxylic acids is 1. The third-order valence-electron chi connectivity index (χ3n) is 5.22. The summed E-state index contributed by atoms with van der Waals surface area (Å²) < 4.78 is 11.5. The Morgan fingerprint density at radius 3 is 3.00 bits per heavy atom. The zero-order valence-electron chi connectivity index (χ0n) is 9.80. The Balaban J connectivity index is 1.50. The van der Waals surface area contributed by atoms with Crippen molar-refractivity contribution < 1.29 is 19.4 Å². The van der Waals surface area contributed by atoms with E-state index in [0.717, 1.165) is 38.5 Å². The highest BCUT2D eigenvalue weighted by atomic mass is 16.7. The minimum Gasteiger partial charge on any atom is -0.481 e. The second-order valence-electron chi connectivity index (χ2n) is 6.07. The molecule has 4 rings (SSSR count). The van der Waals surface area contributed by atoms with Crippen LogP contribution in [-0.4, -0.2) is 35.0 Å². The van der Waals surface area contributed by atoms with Gasteiger partial charge in [0.2, 0.25) is 0 Å². The number of fused-ring (bicyclic) bond motifs is 3. The van der Waals surface area contributed by atoms with Crippen LogP contribution in [0.2, 0.25) is 0 Å². The Kier molecular flexibility index (Phi) is 1.96. The molecule has 17 heavy (non-hydrogen) atoms. The fraction of sp³-hybridized carbons (Fsp3) is 0.923. The zero-order valence-corrected chi connectivity index (χ0v) is 9.80. The molecule has 2 heterocycles. The molecule has 4 aliphatic rings. The molecule has 4 nitrogen and oxygen atoms in total. The quantitative estimate of drug-likeness (QED) is 0.742. The Morgan fingerprint density at radius 2 is 2.18 bits per heavy atom. The van der Waals surface area contributed by atoms with Crippen LogP contribution in [0.15, 0.2) is 0 Å². The summed E-state index contributed by atoms with van der Waals surface area (Å²) in [7, 11) is 0. The second-order valence-corrected chi connectivity index (χ2v) is 6.07. The van der Waals surface area contributed by atoms with Gasteiger partial charge < -0.3 is 14.6 Å². The zero-order chi connectivity index (χ0) is 11.6. The fourth-order valence-corrected chi connectivity index (χ4v) is 4.16.